The third-order valence-electron chi connectivity index (χ3n) is 1.28. The fourth-order valence-corrected chi connectivity index (χ4v) is 0.666. The topological polar surface area (TPSA) is 63.4 Å². The van der Waals surface area contributed by atoms with Gasteiger partial charge in [-0.25, -0.2) is 0 Å². The minimum absolute atomic E-state index is 0.130. The molecule has 0 saturated heterocycles. The van der Waals surface area contributed by atoms with Gasteiger partial charge >= 0.3 is 0 Å². The van der Waals surface area contributed by atoms with Crippen molar-refractivity contribution in [2.24, 2.45) is 0 Å². The van der Waals surface area contributed by atoms with E-state index < -0.39 is 4.92 Å². The van der Waals surface area contributed by atoms with E-state index in [0.29, 0.717) is 5.56 Å². The molecule has 0 aliphatic rings. The van der Waals surface area contributed by atoms with E-state index in [1.807, 2.05) is 0 Å². The fourth-order valence-electron chi connectivity index (χ4n) is 0.666. The molecule has 4 nitrogen and oxygen atoms in total. The lowest BCUT2D eigenvalue weighted by atomic mass is 10.2. The van der Waals surface area contributed by atoms with Gasteiger partial charge in [0, 0.05) is 6.07 Å². The summed E-state index contributed by atoms with van der Waals surface area (Å²) < 4.78 is 0. The summed E-state index contributed by atoms with van der Waals surface area (Å²) in [5.41, 5.74) is 0.255. The Labute approximate surface area is 63.2 Å². The number of hydrogen-bond donors (Lipinski definition) is 1. The second-order valence-corrected chi connectivity index (χ2v) is 2.07. The molecule has 1 radical (unpaired) electrons. The van der Waals surface area contributed by atoms with E-state index >= 15 is 0 Å². The molecular formula is C7H6NO3. The van der Waals surface area contributed by atoms with Crippen molar-refractivity contribution in [3.05, 3.63) is 40.8 Å². The van der Waals surface area contributed by atoms with Crippen molar-refractivity contribution in [3.63, 3.8) is 0 Å². The average molecular weight is 152 g/mol. The van der Waals surface area contributed by atoms with Crippen molar-refractivity contribution < 1.29 is 10.0 Å². The molecule has 0 heterocycles. The zero-order chi connectivity index (χ0) is 8.43. The lowest BCUT2D eigenvalue weighted by Gasteiger charge is -1.95. The van der Waals surface area contributed by atoms with Gasteiger partial charge in [-0.2, -0.15) is 0 Å². The SMILES string of the molecule is [CH2]c1ccc([N+](=O)[O-])cc1O. The van der Waals surface area contributed by atoms with Gasteiger partial charge in [0.25, 0.3) is 5.69 Å². The number of phenols is 1. The van der Waals surface area contributed by atoms with Crippen molar-refractivity contribution in [3.8, 4) is 5.75 Å². The van der Waals surface area contributed by atoms with E-state index in [2.05, 4.69) is 6.92 Å². The highest BCUT2D eigenvalue weighted by Crippen LogP contribution is 2.21. The van der Waals surface area contributed by atoms with Crippen LogP contribution in [0.5, 0.6) is 5.75 Å². The van der Waals surface area contributed by atoms with Gasteiger partial charge in [-0.3, -0.25) is 10.1 Å². The van der Waals surface area contributed by atoms with Gasteiger partial charge in [0.05, 0.1) is 11.0 Å². The summed E-state index contributed by atoms with van der Waals surface area (Å²) in [4.78, 5) is 9.57. The van der Waals surface area contributed by atoms with Crippen LogP contribution in [0.25, 0.3) is 0 Å². The van der Waals surface area contributed by atoms with E-state index in [-0.39, 0.29) is 11.4 Å². The minimum atomic E-state index is -0.570. The lowest BCUT2D eigenvalue weighted by molar-refractivity contribution is -0.384. The van der Waals surface area contributed by atoms with Crippen LogP contribution in [0.4, 0.5) is 5.69 Å². The molecule has 0 aliphatic heterocycles. The summed E-state index contributed by atoms with van der Waals surface area (Å²) in [6, 6.07) is 3.76. The fraction of sp³-hybridized carbons (Fsp3) is 0. The summed E-state index contributed by atoms with van der Waals surface area (Å²) in [6.45, 7) is 3.45. The molecule has 0 aliphatic carbocycles. The van der Waals surface area contributed by atoms with Crippen molar-refractivity contribution in [1.82, 2.24) is 0 Å². The highest BCUT2D eigenvalue weighted by Gasteiger charge is 2.06. The zero-order valence-electron chi connectivity index (χ0n) is 5.65. The van der Waals surface area contributed by atoms with Gasteiger partial charge in [-0.05, 0) is 18.6 Å². The van der Waals surface area contributed by atoms with Crippen molar-refractivity contribution in [2.45, 2.75) is 0 Å². The Bertz CT molecular complexity index is 296. The van der Waals surface area contributed by atoms with Gasteiger partial charge in [-0.1, -0.05) is 0 Å². The molecule has 0 amide bonds. The predicted molar refractivity (Wildman–Crippen MR) is 39.2 cm³/mol. The Kier molecular flexibility index (Phi) is 1.76. The first-order chi connectivity index (χ1) is 5.11. The first-order valence-electron chi connectivity index (χ1n) is 2.90. The standard InChI is InChI=1S/C7H6NO3/c1-5-2-3-6(8(10)11)4-7(5)9/h2-4,9H,1H2. The van der Waals surface area contributed by atoms with Crippen molar-refractivity contribution in [2.75, 3.05) is 0 Å². The lowest BCUT2D eigenvalue weighted by Crippen LogP contribution is -1.87. The van der Waals surface area contributed by atoms with Crippen LogP contribution >= 0.6 is 0 Å². The molecular weight excluding hydrogens is 146 g/mol. The molecule has 0 atom stereocenters. The molecule has 1 rings (SSSR count). The number of nitrogens with zero attached hydrogens (tertiary/aromatic N) is 1. The van der Waals surface area contributed by atoms with Crippen LogP contribution in [-0.2, 0) is 0 Å². The van der Waals surface area contributed by atoms with Gasteiger partial charge in [0.15, 0.2) is 0 Å². The maximum absolute atomic E-state index is 10.1. The Balaban J connectivity index is 3.15. The zero-order valence-corrected chi connectivity index (χ0v) is 5.65. The first kappa shape index (κ1) is 7.53. The molecule has 1 N–H and O–H groups in total. The molecule has 1 aromatic carbocycles. The van der Waals surface area contributed by atoms with Crippen LogP contribution in [0.3, 0.4) is 0 Å². The summed E-state index contributed by atoms with van der Waals surface area (Å²) >= 11 is 0. The monoisotopic (exact) mass is 152 g/mol. The third kappa shape index (κ3) is 1.46. The summed E-state index contributed by atoms with van der Waals surface area (Å²) in [6.07, 6.45) is 0. The number of phenolic OH excluding ortho intramolecular Hbond substituents is 1. The van der Waals surface area contributed by atoms with E-state index in [9.17, 15) is 10.1 Å². The van der Waals surface area contributed by atoms with Crippen LogP contribution < -0.4 is 0 Å². The Morgan fingerprint density at radius 2 is 2.18 bits per heavy atom. The van der Waals surface area contributed by atoms with Gasteiger partial charge < -0.3 is 5.11 Å². The smallest absolute Gasteiger partial charge is 0.273 e. The number of hydrogen-bond acceptors (Lipinski definition) is 3. The number of rotatable bonds is 1. The van der Waals surface area contributed by atoms with Crippen molar-refractivity contribution in [1.29, 1.82) is 0 Å². The van der Waals surface area contributed by atoms with E-state index in [1.54, 1.807) is 0 Å². The van der Waals surface area contributed by atoms with Crippen molar-refractivity contribution >= 4 is 5.69 Å². The second-order valence-electron chi connectivity index (χ2n) is 2.07. The Morgan fingerprint density at radius 3 is 2.64 bits per heavy atom. The minimum Gasteiger partial charge on any atom is -0.507 e. The second kappa shape index (κ2) is 2.57. The molecule has 0 spiro atoms. The van der Waals surface area contributed by atoms with Crippen LogP contribution in [0.1, 0.15) is 5.56 Å². The molecule has 0 bridgehead atoms. The first-order valence-corrected chi connectivity index (χ1v) is 2.90. The predicted octanol–water partition coefficient (Wildman–Crippen LogP) is 1.48. The molecule has 0 fully saturated rings. The van der Waals surface area contributed by atoms with Gasteiger partial charge in [0.2, 0.25) is 0 Å². The molecule has 11 heavy (non-hydrogen) atoms. The highest BCUT2D eigenvalue weighted by atomic mass is 16.6. The van der Waals surface area contributed by atoms with Crippen LogP contribution in [0.2, 0.25) is 0 Å². The Hall–Kier alpha value is -1.58. The molecule has 1 aromatic rings. The summed E-state index contributed by atoms with van der Waals surface area (Å²) in [5, 5.41) is 19.1. The number of benzene rings is 1. The maximum atomic E-state index is 10.1. The number of nitro groups is 1. The van der Waals surface area contributed by atoms with Crippen LogP contribution in [0.15, 0.2) is 18.2 Å². The normalized spacial score (nSPS) is 9.55. The molecule has 0 unspecified atom stereocenters. The van der Waals surface area contributed by atoms with E-state index in [0.717, 1.165) is 6.07 Å². The maximum Gasteiger partial charge on any atom is 0.273 e. The summed E-state index contributed by atoms with van der Waals surface area (Å²) in [5.74, 6) is -0.154. The number of non-ortho nitro benzene ring substituents is 1. The van der Waals surface area contributed by atoms with E-state index in [4.69, 9.17) is 5.11 Å². The number of aromatic hydroxyl groups is 1. The average Bonchev–Trinajstić information content (AvgIpc) is 1.94. The molecule has 57 valence electrons. The summed E-state index contributed by atoms with van der Waals surface area (Å²) in [7, 11) is 0. The third-order valence-corrected chi connectivity index (χ3v) is 1.28. The molecule has 0 aromatic heterocycles. The van der Waals surface area contributed by atoms with Gasteiger partial charge in [-0.15, -0.1) is 0 Å². The Morgan fingerprint density at radius 1 is 1.55 bits per heavy atom. The molecule has 4 heteroatoms. The largest absolute Gasteiger partial charge is 0.507 e. The number of nitro benzene ring substituents is 1. The quantitative estimate of drug-likeness (QED) is 0.489. The highest BCUT2D eigenvalue weighted by molar-refractivity contribution is 5.44. The van der Waals surface area contributed by atoms with Crippen LogP contribution in [-0.4, -0.2) is 10.0 Å². The van der Waals surface area contributed by atoms with Gasteiger partial charge in [0.1, 0.15) is 5.75 Å². The molecule has 0 saturated carbocycles. The van der Waals surface area contributed by atoms with Crippen LogP contribution in [0, 0.1) is 17.0 Å². The van der Waals surface area contributed by atoms with E-state index in [1.165, 1.54) is 12.1 Å².